The summed E-state index contributed by atoms with van der Waals surface area (Å²) in [5.41, 5.74) is 4.29. The van der Waals surface area contributed by atoms with Gasteiger partial charge in [0.25, 0.3) is 0 Å². The van der Waals surface area contributed by atoms with Gasteiger partial charge in [-0.25, -0.2) is 0 Å². The molecule has 0 amide bonds. The first-order chi connectivity index (χ1) is 6.25. The minimum absolute atomic E-state index is 0.743. The third-order valence-electron chi connectivity index (χ3n) is 2.89. The molecule has 0 aromatic heterocycles. The molecule has 13 heavy (non-hydrogen) atoms. The summed E-state index contributed by atoms with van der Waals surface area (Å²) >= 11 is 0. The van der Waals surface area contributed by atoms with Crippen LogP contribution in [0.5, 0.6) is 0 Å². The Morgan fingerprint density at radius 2 is 2.23 bits per heavy atom. The lowest BCUT2D eigenvalue weighted by atomic mass is 9.89. The van der Waals surface area contributed by atoms with Crippen LogP contribution in [0.1, 0.15) is 30.7 Å². The van der Waals surface area contributed by atoms with E-state index < -0.39 is 0 Å². The molecule has 0 saturated heterocycles. The predicted molar refractivity (Wildman–Crippen MR) is 60.4 cm³/mol. The number of hydrogen-bond acceptors (Lipinski definition) is 0. The normalized spacial score (nSPS) is 22.2. The second kappa shape index (κ2) is 3.41. The van der Waals surface area contributed by atoms with Gasteiger partial charge in [-0.1, -0.05) is 41.9 Å². The Kier molecular flexibility index (Phi) is 2.26. The van der Waals surface area contributed by atoms with E-state index in [-0.39, 0.29) is 0 Å². The molecule has 66 valence electrons. The molecule has 1 heteroatoms. The molecule has 1 atom stereocenters. The number of hydrogen-bond donors (Lipinski definition) is 0. The van der Waals surface area contributed by atoms with Gasteiger partial charge >= 0.3 is 0 Å². The van der Waals surface area contributed by atoms with Crippen LogP contribution < -0.4 is 5.46 Å². The van der Waals surface area contributed by atoms with Crippen LogP contribution in [0.25, 0.3) is 0 Å². The van der Waals surface area contributed by atoms with Crippen molar-refractivity contribution in [3.8, 4) is 0 Å². The van der Waals surface area contributed by atoms with Crippen molar-refractivity contribution in [3.63, 3.8) is 0 Å². The van der Waals surface area contributed by atoms with E-state index in [0.717, 1.165) is 5.92 Å². The fraction of sp³-hybridized carbons (Fsp3) is 0.333. The lowest BCUT2D eigenvalue weighted by molar-refractivity contribution is 0.731. The van der Waals surface area contributed by atoms with Crippen LogP contribution >= 0.6 is 0 Å². The Morgan fingerprint density at radius 1 is 1.38 bits per heavy atom. The standard InChI is InChI=1S/C12H15B/c1-9-5-6-11(7-9)10-3-2-4-12(13)8-10/h2-4,8,11H,1,5-7,13H2. The fourth-order valence-corrected chi connectivity index (χ4v) is 2.14. The minimum Gasteiger partial charge on any atom is -0.0998 e. The van der Waals surface area contributed by atoms with Gasteiger partial charge in [0.05, 0.1) is 0 Å². The molecular weight excluding hydrogens is 155 g/mol. The molecule has 0 bridgehead atoms. The topological polar surface area (TPSA) is 0 Å². The molecule has 1 aromatic rings. The molecular formula is C12H15B. The first-order valence-electron chi connectivity index (χ1n) is 4.99. The van der Waals surface area contributed by atoms with E-state index >= 15 is 0 Å². The van der Waals surface area contributed by atoms with E-state index in [4.69, 9.17) is 0 Å². The molecule has 1 unspecified atom stereocenters. The van der Waals surface area contributed by atoms with Gasteiger partial charge in [-0.15, -0.1) is 0 Å². The molecule has 1 aliphatic rings. The van der Waals surface area contributed by atoms with Gasteiger partial charge in [0.1, 0.15) is 7.85 Å². The summed E-state index contributed by atoms with van der Waals surface area (Å²) in [6.45, 7) is 4.05. The Labute approximate surface area is 81.1 Å². The first-order valence-corrected chi connectivity index (χ1v) is 4.99. The molecule has 0 N–H and O–H groups in total. The highest BCUT2D eigenvalue weighted by Crippen LogP contribution is 2.36. The Hall–Kier alpha value is -0.975. The summed E-state index contributed by atoms with van der Waals surface area (Å²) in [6.07, 6.45) is 3.71. The van der Waals surface area contributed by atoms with Crippen LogP contribution in [0, 0.1) is 0 Å². The van der Waals surface area contributed by atoms with Crippen LogP contribution in [0.4, 0.5) is 0 Å². The predicted octanol–water partition coefficient (Wildman–Crippen LogP) is 1.77. The molecule has 1 saturated carbocycles. The maximum absolute atomic E-state index is 4.05. The highest BCUT2D eigenvalue weighted by atomic mass is 14.2. The Bertz CT molecular complexity index is 328. The molecule has 0 heterocycles. The zero-order valence-electron chi connectivity index (χ0n) is 8.22. The van der Waals surface area contributed by atoms with Crippen LogP contribution in [0.3, 0.4) is 0 Å². The molecule has 1 aliphatic carbocycles. The molecule has 0 radical (unpaired) electrons. The van der Waals surface area contributed by atoms with Crippen molar-refractivity contribution in [1.29, 1.82) is 0 Å². The minimum atomic E-state index is 0.743. The largest absolute Gasteiger partial charge is 0.139 e. The SMILES string of the molecule is Bc1cccc(C2CCC(=C)C2)c1. The van der Waals surface area contributed by atoms with Crippen molar-refractivity contribution in [2.24, 2.45) is 0 Å². The summed E-state index contributed by atoms with van der Waals surface area (Å²) in [4.78, 5) is 0. The van der Waals surface area contributed by atoms with Crippen molar-refractivity contribution in [1.82, 2.24) is 0 Å². The molecule has 0 spiro atoms. The summed E-state index contributed by atoms with van der Waals surface area (Å²) in [5, 5.41) is 0. The van der Waals surface area contributed by atoms with Crippen molar-refractivity contribution >= 4 is 13.3 Å². The van der Waals surface area contributed by atoms with E-state index in [9.17, 15) is 0 Å². The molecule has 1 aromatic carbocycles. The maximum Gasteiger partial charge on any atom is 0.139 e. The number of benzene rings is 1. The van der Waals surface area contributed by atoms with Gasteiger partial charge in [0, 0.05) is 0 Å². The molecule has 0 nitrogen and oxygen atoms in total. The first kappa shape index (κ1) is 8.62. The van der Waals surface area contributed by atoms with Crippen molar-refractivity contribution in [3.05, 3.63) is 42.0 Å². The lowest BCUT2D eigenvalue weighted by Crippen LogP contribution is -2.04. The highest BCUT2D eigenvalue weighted by molar-refractivity contribution is 6.32. The van der Waals surface area contributed by atoms with Gasteiger partial charge in [0.15, 0.2) is 0 Å². The van der Waals surface area contributed by atoms with Gasteiger partial charge < -0.3 is 0 Å². The fourth-order valence-electron chi connectivity index (χ4n) is 2.14. The number of rotatable bonds is 1. The van der Waals surface area contributed by atoms with E-state index in [1.807, 2.05) is 0 Å². The lowest BCUT2D eigenvalue weighted by Gasteiger charge is -2.09. The van der Waals surface area contributed by atoms with Gasteiger partial charge in [0.2, 0.25) is 0 Å². The van der Waals surface area contributed by atoms with E-state index in [1.54, 1.807) is 0 Å². The third kappa shape index (κ3) is 1.85. The van der Waals surface area contributed by atoms with Crippen molar-refractivity contribution < 1.29 is 0 Å². The second-order valence-electron chi connectivity index (χ2n) is 4.10. The summed E-state index contributed by atoms with van der Waals surface area (Å²) in [5.74, 6) is 0.743. The van der Waals surface area contributed by atoms with Gasteiger partial charge in [-0.3, -0.25) is 0 Å². The van der Waals surface area contributed by atoms with E-state index in [1.165, 1.54) is 35.9 Å². The van der Waals surface area contributed by atoms with Crippen LogP contribution in [-0.4, -0.2) is 7.85 Å². The van der Waals surface area contributed by atoms with Gasteiger partial charge in [-0.05, 0) is 30.7 Å². The third-order valence-corrected chi connectivity index (χ3v) is 2.89. The summed E-state index contributed by atoms with van der Waals surface area (Å²) < 4.78 is 0. The van der Waals surface area contributed by atoms with Crippen molar-refractivity contribution in [2.75, 3.05) is 0 Å². The maximum atomic E-state index is 4.05. The molecule has 2 rings (SSSR count). The van der Waals surface area contributed by atoms with Gasteiger partial charge in [-0.2, -0.15) is 0 Å². The average molecular weight is 170 g/mol. The highest BCUT2D eigenvalue weighted by Gasteiger charge is 2.19. The smallest absolute Gasteiger partial charge is 0.0998 e. The molecule has 0 aliphatic heterocycles. The summed E-state index contributed by atoms with van der Waals surface area (Å²) in [7, 11) is 2.16. The van der Waals surface area contributed by atoms with Crippen LogP contribution in [-0.2, 0) is 0 Å². The van der Waals surface area contributed by atoms with E-state index in [2.05, 4.69) is 38.7 Å². The van der Waals surface area contributed by atoms with Crippen LogP contribution in [0.2, 0.25) is 0 Å². The zero-order valence-corrected chi connectivity index (χ0v) is 8.22. The second-order valence-corrected chi connectivity index (χ2v) is 4.10. The zero-order chi connectivity index (χ0) is 9.26. The Balaban J connectivity index is 2.21. The quantitative estimate of drug-likeness (QED) is 0.445. The average Bonchev–Trinajstić information content (AvgIpc) is 2.52. The monoisotopic (exact) mass is 170 g/mol. The summed E-state index contributed by atoms with van der Waals surface area (Å²) in [6, 6.07) is 8.87. The Morgan fingerprint density at radius 3 is 2.85 bits per heavy atom. The number of allylic oxidation sites excluding steroid dienone is 1. The van der Waals surface area contributed by atoms with Crippen LogP contribution in [0.15, 0.2) is 36.4 Å². The van der Waals surface area contributed by atoms with Crippen molar-refractivity contribution in [2.45, 2.75) is 25.2 Å². The van der Waals surface area contributed by atoms with E-state index in [0.29, 0.717) is 0 Å². The molecule has 1 fully saturated rings.